The van der Waals surface area contributed by atoms with Gasteiger partial charge in [0, 0.05) is 56.6 Å². The number of aryl methyl sites for hydroxylation is 1. The Morgan fingerprint density at radius 3 is 2.30 bits per heavy atom. The van der Waals surface area contributed by atoms with Crippen LogP contribution in [0.5, 0.6) is 0 Å². The van der Waals surface area contributed by atoms with E-state index in [0.717, 1.165) is 24.6 Å². The van der Waals surface area contributed by atoms with Crippen LogP contribution < -0.4 is 9.80 Å². The Morgan fingerprint density at radius 1 is 0.933 bits per heavy atom. The summed E-state index contributed by atoms with van der Waals surface area (Å²) in [6, 6.07) is 8.25. The number of hydrogen-bond donors (Lipinski definition) is 0. The van der Waals surface area contributed by atoms with Crippen LogP contribution in [0.3, 0.4) is 0 Å². The van der Waals surface area contributed by atoms with E-state index >= 15 is 0 Å². The van der Waals surface area contributed by atoms with Crippen LogP contribution >= 0.6 is 0 Å². The number of anilines is 2. The van der Waals surface area contributed by atoms with E-state index in [4.69, 9.17) is 4.98 Å². The number of carbonyl (C=O) groups excluding carboxylic acids is 1. The van der Waals surface area contributed by atoms with Gasteiger partial charge >= 0.3 is 0 Å². The molecule has 0 unspecified atom stereocenters. The first-order valence-electron chi connectivity index (χ1n) is 10.3. The van der Waals surface area contributed by atoms with Gasteiger partial charge in [-0.3, -0.25) is 4.79 Å². The molecule has 8 nitrogen and oxygen atoms in total. The van der Waals surface area contributed by atoms with Crippen LogP contribution in [0.1, 0.15) is 35.8 Å². The Morgan fingerprint density at radius 2 is 1.63 bits per heavy atom. The molecule has 2 aliphatic rings. The topological polar surface area (TPSA) is 86.7 Å². The highest BCUT2D eigenvalue weighted by Crippen LogP contribution is 2.24. The normalized spacial score (nSPS) is 18.1. The molecule has 9 heteroatoms. The molecule has 1 aromatic heterocycles. The molecular weight excluding hydrogens is 402 g/mol. The first kappa shape index (κ1) is 20.7. The Hall–Kier alpha value is -2.52. The monoisotopic (exact) mass is 429 g/mol. The van der Waals surface area contributed by atoms with E-state index in [1.807, 2.05) is 17.9 Å². The summed E-state index contributed by atoms with van der Waals surface area (Å²) in [5.41, 5.74) is 1.32. The Bertz CT molecular complexity index is 1040. The van der Waals surface area contributed by atoms with Gasteiger partial charge in [0.05, 0.1) is 4.90 Å². The lowest BCUT2D eigenvalue weighted by Gasteiger charge is -2.34. The number of piperazine rings is 1. The second-order valence-corrected chi connectivity index (χ2v) is 9.77. The van der Waals surface area contributed by atoms with Gasteiger partial charge in [-0.25, -0.2) is 13.4 Å². The smallest absolute Gasteiger partial charge is 0.243 e. The van der Waals surface area contributed by atoms with Crippen LogP contribution in [0.15, 0.2) is 35.2 Å². The summed E-state index contributed by atoms with van der Waals surface area (Å²) >= 11 is 0. The van der Waals surface area contributed by atoms with Crippen molar-refractivity contribution in [2.45, 2.75) is 31.6 Å². The summed E-state index contributed by atoms with van der Waals surface area (Å²) in [5, 5.41) is 0. The van der Waals surface area contributed by atoms with Crippen LogP contribution in [0.4, 0.5) is 11.8 Å². The maximum atomic E-state index is 13.0. The molecule has 1 aromatic carbocycles. The number of hydrogen-bond acceptors (Lipinski definition) is 7. The lowest BCUT2D eigenvalue weighted by atomic mass is 10.2. The molecule has 0 N–H and O–H groups in total. The first-order chi connectivity index (χ1) is 14.3. The third kappa shape index (κ3) is 4.17. The number of aromatic nitrogens is 2. The van der Waals surface area contributed by atoms with Gasteiger partial charge in [-0.1, -0.05) is 12.1 Å². The van der Waals surface area contributed by atoms with Crippen molar-refractivity contribution in [3.63, 3.8) is 0 Å². The van der Waals surface area contributed by atoms with E-state index in [0.29, 0.717) is 37.7 Å². The molecule has 0 saturated carbocycles. The van der Waals surface area contributed by atoms with Gasteiger partial charge < -0.3 is 9.80 Å². The summed E-state index contributed by atoms with van der Waals surface area (Å²) in [6.45, 7) is 7.17. The number of nitrogens with zero attached hydrogens (tertiary/aromatic N) is 5. The molecule has 0 spiro atoms. The van der Waals surface area contributed by atoms with Crippen molar-refractivity contribution < 1.29 is 13.2 Å². The zero-order valence-corrected chi connectivity index (χ0v) is 18.2. The van der Waals surface area contributed by atoms with E-state index in [-0.39, 0.29) is 10.7 Å². The van der Waals surface area contributed by atoms with Crippen molar-refractivity contribution in [1.29, 1.82) is 0 Å². The molecule has 2 saturated heterocycles. The average molecular weight is 430 g/mol. The highest BCUT2D eigenvalue weighted by Gasteiger charge is 2.30. The van der Waals surface area contributed by atoms with Crippen LogP contribution in [-0.4, -0.2) is 67.7 Å². The minimum atomic E-state index is -3.65. The number of carbonyl (C=O) groups is 1. The van der Waals surface area contributed by atoms with Crippen LogP contribution in [0.25, 0.3) is 0 Å². The van der Waals surface area contributed by atoms with Crippen molar-refractivity contribution in [2.75, 3.05) is 49.1 Å². The average Bonchev–Trinajstić information content (AvgIpc) is 3.28. The van der Waals surface area contributed by atoms with Gasteiger partial charge in [0.15, 0.2) is 5.78 Å². The van der Waals surface area contributed by atoms with Gasteiger partial charge in [-0.05, 0) is 38.8 Å². The third-order valence-electron chi connectivity index (χ3n) is 5.66. The third-order valence-corrected chi connectivity index (χ3v) is 7.55. The van der Waals surface area contributed by atoms with Crippen molar-refractivity contribution in [1.82, 2.24) is 14.3 Å². The van der Waals surface area contributed by atoms with E-state index in [1.165, 1.54) is 30.1 Å². The van der Waals surface area contributed by atoms with Crippen LogP contribution in [-0.2, 0) is 10.0 Å². The summed E-state index contributed by atoms with van der Waals surface area (Å²) in [7, 11) is -3.65. The lowest BCUT2D eigenvalue weighted by molar-refractivity contribution is 0.101. The SMILES string of the molecule is CC(=O)c1cccc(S(=O)(=O)N2CCN(c3nc(C)cc(N4CCCC4)n3)CC2)c1. The fourth-order valence-electron chi connectivity index (χ4n) is 3.94. The van der Waals surface area contributed by atoms with E-state index in [2.05, 4.69) is 9.88 Å². The quantitative estimate of drug-likeness (QED) is 0.673. The maximum absolute atomic E-state index is 13.0. The van der Waals surface area contributed by atoms with Crippen molar-refractivity contribution in [2.24, 2.45) is 0 Å². The molecule has 4 rings (SSSR count). The van der Waals surface area contributed by atoms with Crippen molar-refractivity contribution >= 4 is 27.6 Å². The number of sulfonamides is 1. The first-order valence-corrected chi connectivity index (χ1v) is 11.8. The molecule has 0 bridgehead atoms. The summed E-state index contributed by atoms with van der Waals surface area (Å²) in [4.78, 5) is 25.4. The van der Waals surface area contributed by atoms with Gasteiger partial charge in [0.2, 0.25) is 16.0 Å². The fraction of sp³-hybridized carbons (Fsp3) is 0.476. The number of rotatable bonds is 5. The number of benzene rings is 1. The molecule has 0 radical (unpaired) electrons. The van der Waals surface area contributed by atoms with Gasteiger partial charge in [0.1, 0.15) is 5.82 Å². The molecule has 0 aliphatic carbocycles. The minimum Gasteiger partial charge on any atom is -0.356 e. The Kier molecular flexibility index (Phi) is 5.75. The molecular formula is C21H27N5O3S. The van der Waals surface area contributed by atoms with Crippen LogP contribution in [0, 0.1) is 6.92 Å². The number of Topliss-reactive ketones (excluding diaryl/α,β-unsaturated/α-hetero) is 1. The predicted molar refractivity (Wildman–Crippen MR) is 116 cm³/mol. The molecule has 2 aromatic rings. The van der Waals surface area contributed by atoms with Gasteiger partial charge in [0.25, 0.3) is 0 Å². The number of ketones is 1. The molecule has 160 valence electrons. The van der Waals surface area contributed by atoms with E-state index < -0.39 is 10.0 Å². The zero-order valence-electron chi connectivity index (χ0n) is 17.4. The molecule has 3 heterocycles. The second kappa shape index (κ2) is 8.31. The molecule has 0 amide bonds. The molecule has 2 fully saturated rings. The lowest BCUT2D eigenvalue weighted by Crippen LogP contribution is -2.49. The standard InChI is InChI=1S/C21H27N5O3S/c1-16-14-20(24-8-3-4-9-24)23-21(22-16)25-10-12-26(13-11-25)30(28,29)19-7-5-6-18(15-19)17(2)27/h5-7,14-15H,3-4,8-13H2,1-2H3. The van der Waals surface area contributed by atoms with E-state index in [9.17, 15) is 13.2 Å². The second-order valence-electron chi connectivity index (χ2n) is 7.84. The Labute approximate surface area is 177 Å². The summed E-state index contributed by atoms with van der Waals surface area (Å²) in [6.07, 6.45) is 2.36. The molecule has 2 aliphatic heterocycles. The highest BCUT2D eigenvalue weighted by atomic mass is 32.2. The maximum Gasteiger partial charge on any atom is 0.243 e. The van der Waals surface area contributed by atoms with Crippen molar-refractivity contribution in [3.8, 4) is 0 Å². The predicted octanol–water partition coefficient (Wildman–Crippen LogP) is 2.10. The fourth-order valence-corrected chi connectivity index (χ4v) is 5.41. The minimum absolute atomic E-state index is 0.151. The van der Waals surface area contributed by atoms with Gasteiger partial charge in [-0.15, -0.1) is 0 Å². The highest BCUT2D eigenvalue weighted by molar-refractivity contribution is 7.89. The molecule has 30 heavy (non-hydrogen) atoms. The molecule has 0 atom stereocenters. The van der Waals surface area contributed by atoms with Crippen molar-refractivity contribution in [3.05, 3.63) is 41.6 Å². The zero-order chi connectivity index (χ0) is 21.3. The largest absolute Gasteiger partial charge is 0.356 e. The Balaban J connectivity index is 1.49. The summed E-state index contributed by atoms with van der Waals surface area (Å²) in [5.74, 6) is 1.46. The van der Waals surface area contributed by atoms with Crippen LogP contribution in [0.2, 0.25) is 0 Å². The van der Waals surface area contributed by atoms with Gasteiger partial charge in [-0.2, -0.15) is 9.29 Å². The van der Waals surface area contributed by atoms with E-state index in [1.54, 1.807) is 18.2 Å². The summed E-state index contributed by atoms with van der Waals surface area (Å²) < 4.78 is 27.6.